The van der Waals surface area contributed by atoms with E-state index in [1.807, 2.05) is 6.07 Å². The molecule has 0 aliphatic carbocycles. The molecule has 0 saturated heterocycles. The smallest absolute Gasteiger partial charge is 0.255 e. The Kier molecular flexibility index (Phi) is 8.44. The van der Waals surface area contributed by atoms with Gasteiger partial charge in [0.05, 0.1) is 27.7 Å². The van der Waals surface area contributed by atoms with E-state index in [1.165, 1.54) is 18.3 Å². The van der Waals surface area contributed by atoms with Crippen molar-refractivity contribution in [3.8, 4) is 0 Å². The first-order chi connectivity index (χ1) is 15.3. The number of amides is 1. The van der Waals surface area contributed by atoms with E-state index in [4.69, 9.17) is 23.2 Å². The lowest BCUT2D eigenvalue weighted by Gasteiger charge is -2.21. The molecule has 32 heavy (non-hydrogen) atoms. The SMILES string of the molecule is O=C(CN(Cc1ccccc1)S(=O)(=O)c1ccc(Br)cc1)NN=Cc1c(Cl)cccc1Cl. The van der Waals surface area contributed by atoms with Crippen LogP contribution in [0.2, 0.25) is 10.0 Å². The number of hydrogen-bond acceptors (Lipinski definition) is 4. The summed E-state index contributed by atoms with van der Waals surface area (Å²) in [7, 11) is -3.94. The summed E-state index contributed by atoms with van der Waals surface area (Å²) in [5, 5.41) is 4.62. The van der Waals surface area contributed by atoms with Gasteiger partial charge >= 0.3 is 0 Å². The predicted octanol–water partition coefficient (Wildman–Crippen LogP) is 5.10. The van der Waals surface area contributed by atoms with Gasteiger partial charge in [-0.2, -0.15) is 9.41 Å². The maximum Gasteiger partial charge on any atom is 0.255 e. The van der Waals surface area contributed by atoms with Crippen molar-refractivity contribution in [3.05, 3.63) is 98.4 Å². The number of nitrogens with zero attached hydrogens (tertiary/aromatic N) is 2. The zero-order valence-corrected chi connectivity index (χ0v) is 20.5. The number of hydrazone groups is 1. The van der Waals surface area contributed by atoms with E-state index in [1.54, 1.807) is 54.6 Å². The summed E-state index contributed by atoms with van der Waals surface area (Å²) >= 11 is 15.5. The second kappa shape index (κ2) is 11.1. The van der Waals surface area contributed by atoms with Crippen molar-refractivity contribution in [1.29, 1.82) is 0 Å². The summed E-state index contributed by atoms with van der Waals surface area (Å²) in [6, 6.07) is 20.2. The zero-order valence-electron chi connectivity index (χ0n) is 16.6. The number of hydrogen-bond donors (Lipinski definition) is 1. The van der Waals surface area contributed by atoms with E-state index in [0.717, 1.165) is 14.3 Å². The summed E-state index contributed by atoms with van der Waals surface area (Å²) in [6.07, 6.45) is 1.31. The van der Waals surface area contributed by atoms with E-state index in [-0.39, 0.29) is 11.4 Å². The molecule has 0 spiro atoms. The molecule has 0 fully saturated rings. The Morgan fingerprint density at radius 2 is 1.59 bits per heavy atom. The van der Waals surface area contributed by atoms with Crippen LogP contribution in [-0.2, 0) is 21.4 Å². The maximum atomic E-state index is 13.2. The van der Waals surface area contributed by atoms with Crippen molar-refractivity contribution < 1.29 is 13.2 Å². The van der Waals surface area contributed by atoms with Crippen LogP contribution in [0.15, 0.2) is 87.3 Å². The molecule has 0 aliphatic rings. The van der Waals surface area contributed by atoms with Gasteiger partial charge < -0.3 is 0 Å². The van der Waals surface area contributed by atoms with E-state index in [0.29, 0.717) is 15.6 Å². The van der Waals surface area contributed by atoms with Gasteiger partial charge in [-0.15, -0.1) is 0 Å². The highest BCUT2D eigenvalue weighted by molar-refractivity contribution is 9.10. The van der Waals surface area contributed by atoms with Crippen molar-refractivity contribution in [2.24, 2.45) is 5.10 Å². The van der Waals surface area contributed by atoms with E-state index >= 15 is 0 Å². The summed E-state index contributed by atoms with van der Waals surface area (Å²) < 4.78 is 28.3. The molecule has 0 atom stereocenters. The number of benzene rings is 3. The molecule has 3 rings (SSSR count). The lowest BCUT2D eigenvalue weighted by molar-refractivity contribution is -0.121. The van der Waals surface area contributed by atoms with E-state index in [2.05, 4.69) is 26.5 Å². The number of rotatable bonds is 8. The molecule has 1 N–H and O–H groups in total. The van der Waals surface area contributed by atoms with Gasteiger partial charge in [0, 0.05) is 16.6 Å². The lowest BCUT2D eigenvalue weighted by atomic mass is 10.2. The van der Waals surface area contributed by atoms with Crippen LogP contribution in [0.4, 0.5) is 0 Å². The molecule has 0 aliphatic heterocycles. The third-order valence-electron chi connectivity index (χ3n) is 4.36. The molecule has 166 valence electrons. The summed E-state index contributed by atoms with van der Waals surface area (Å²) in [6.45, 7) is -0.409. The molecular formula is C22H18BrCl2N3O3S. The van der Waals surface area contributed by atoms with E-state index in [9.17, 15) is 13.2 Å². The molecule has 0 aromatic heterocycles. The number of carbonyl (C=O) groups is 1. The minimum Gasteiger partial charge on any atom is -0.272 e. The number of halogens is 3. The van der Waals surface area contributed by atoms with Crippen LogP contribution >= 0.6 is 39.1 Å². The first kappa shape index (κ1) is 24.4. The summed E-state index contributed by atoms with van der Waals surface area (Å²) in [4.78, 5) is 12.6. The number of sulfonamides is 1. The molecule has 0 unspecified atom stereocenters. The van der Waals surface area contributed by atoms with Gasteiger partial charge in [0.15, 0.2) is 0 Å². The Morgan fingerprint density at radius 3 is 2.22 bits per heavy atom. The van der Waals surface area contributed by atoms with Gasteiger partial charge in [-0.1, -0.05) is 75.5 Å². The molecule has 0 radical (unpaired) electrons. The standard InChI is InChI=1S/C22H18BrCl2N3O3S/c23-17-9-11-18(12-10-17)32(30,31)28(14-16-5-2-1-3-6-16)15-22(29)27-26-13-19-20(24)7-4-8-21(19)25/h1-13H,14-15H2,(H,27,29). The molecule has 10 heteroatoms. The van der Waals surface area contributed by atoms with Gasteiger partial charge in [0.2, 0.25) is 10.0 Å². The highest BCUT2D eigenvalue weighted by Crippen LogP contribution is 2.22. The van der Waals surface area contributed by atoms with E-state index < -0.39 is 22.5 Å². The highest BCUT2D eigenvalue weighted by Gasteiger charge is 2.27. The molecule has 0 heterocycles. The van der Waals surface area contributed by atoms with Crippen LogP contribution in [0.1, 0.15) is 11.1 Å². The molecular weight excluding hydrogens is 537 g/mol. The fraction of sp³-hybridized carbons (Fsp3) is 0.0909. The fourth-order valence-corrected chi connectivity index (χ4v) is 4.91. The van der Waals surface area contributed by atoms with Crippen LogP contribution in [0.25, 0.3) is 0 Å². The predicted molar refractivity (Wildman–Crippen MR) is 130 cm³/mol. The van der Waals surface area contributed by atoms with Crippen LogP contribution in [0.3, 0.4) is 0 Å². The van der Waals surface area contributed by atoms with Crippen LogP contribution in [0.5, 0.6) is 0 Å². The molecule has 0 bridgehead atoms. The third kappa shape index (κ3) is 6.40. The van der Waals surface area contributed by atoms with Gasteiger partial charge in [-0.25, -0.2) is 13.8 Å². The topological polar surface area (TPSA) is 78.8 Å². The Balaban J connectivity index is 1.79. The molecule has 3 aromatic carbocycles. The first-order valence-electron chi connectivity index (χ1n) is 9.33. The minimum absolute atomic E-state index is 0.0205. The minimum atomic E-state index is -3.94. The summed E-state index contributed by atoms with van der Waals surface area (Å²) in [5.74, 6) is -0.610. The van der Waals surface area contributed by atoms with Gasteiger partial charge in [-0.3, -0.25) is 4.79 Å². The number of nitrogens with one attached hydrogen (secondary N) is 1. The lowest BCUT2D eigenvalue weighted by Crippen LogP contribution is -2.39. The fourth-order valence-electron chi connectivity index (χ4n) is 2.77. The van der Waals surface area contributed by atoms with Crippen LogP contribution in [-0.4, -0.2) is 31.4 Å². The van der Waals surface area contributed by atoms with Crippen molar-refractivity contribution >= 4 is 61.3 Å². The average Bonchev–Trinajstić information content (AvgIpc) is 2.76. The Hall–Kier alpha value is -2.23. The average molecular weight is 555 g/mol. The van der Waals surface area contributed by atoms with Crippen molar-refractivity contribution in [1.82, 2.24) is 9.73 Å². The van der Waals surface area contributed by atoms with Gasteiger partial charge in [0.1, 0.15) is 0 Å². The summed E-state index contributed by atoms with van der Waals surface area (Å²) in [5.41, 5.74) is 3.52. The van der Waals surface area contributed by atoms with Gasteiger partial charge in [0.25, 0.3) is 5.91 Å². The quantitative estimate of drug-likeness (QED) is 0.311. The zero-order chi connectivity index (χ0) is 23.1. The molecule has 3 aromatic rings. The largest absolute Gasteiger partial charge is 0.272 e. The molecule has 6 nitrogen and oxygen atoms in total. The number of carbonyl (C=O) groups excluding carboxylic acids is 1. The highest BCUT2D eigenvalue weighted by atomic mass is 79.9. The van der Waals surface area contributed by atoms with Crippen molar-refractivity contribution in [3.63, 3.8) is 0 Å². The van der Waals surface area contributed by atoms with Crippen LogP contribution < -0.4 is 5.43 Å². The van der Waals surface area contributed by atoms with Crippen molar-refractivity contribution in [2.45, 2.75) is 11.4 Å². The van der Waals surface area contributed by atoms with Gasteiger partial charge in [-0.05, 0) is 42.0 Å². The van der Waals surface area contributed by atoms with Crippen molar-refractivity contribution in [2.75, 3.05) is 6.54 Å². The Labute approximate surface area is 205 Å². The second-order valence-corrected chi connectivity index (χ2v) is 10.3. The molecule has 1 amide bonds. The maximum absolute atomic E-state index is 13.2. The third-order valence-corrected chi connectivity index (χ3v) is 7.35. The Morgan fingerprint density at radius 1 is 0.969 bits per heavy atom. The Bertz CT molecular complexity index is 1200. The molecule has 0 saturated carbocycles. The monoisotopic (exact) mass is 553 g/mol. The van der Waals surface area contributed by atoms with Crippen LogP contribution in [0, 0.1) is 0 Å². The first-order valence-corrected chi connectivity index (χ1v) is 12.3. The normalized spacial score (nSPS) is 11.8. The second-order valence-electron chi connectivity index (χ2n) is 6.64.